The van der Waals surface area contributed by atoms with Crippen molar-refractivity contribution in [1.29, 1.82) is 0 Å². The van der Waals surface area contributed by atoms with E-state index in [9.17, 15) is 48.3 Å². The average molecular weight is 578 g/mol. The molecule has 0 N–H and O–H groups in total. The Bertz CT molecular complexity index is 1700. The molecule has 15 heteroatoms. The molecule has 206 valence electrons. The van der Waals surface area contributed by atoms with Gasteiger partial charge in [-0.05, 0) is 35.7 Å². The molecular formula is C25H7BF12O2. The molecule has 1 aliphatic rings. The van der Waals surface area contributed by atoms with Crippen LogP contribution in [0.4, 0.5) is 52.7 Å². The van der Waals surface area contributed by atoms with Crippen LogP contribution in [0.15, 0.2) is 30.3 Å². The van der Waals surface area contributed by atoms with Crippen LogP contribution in [0.3, 0.4) is 0 Å². The van der Waals surface area contributed by atoms with Crippen LogP contribution in [-0.2, 0) is 6.42 Å². The fourth-order valence-corrected chi connectivity index (χ4v) is 4.26. The van der Waals surface area contributed by atoms with Crippen molar-refractivity contribution in [3.63, 3.8) is 0 Å². The maximum absolute atomic E-state index is 15.3. The number of hydrogen-bond donors (Lipinski definition) is 0. The first-order valence-electron chi connectivity index (χ1n) is 10.8. The molecule has 0 saturated heterocycles. The van der Waals surface area contributed by atoms with Crippen molar-refractivity contribution in [3.05, 3.63) is 111 Å². The van der Waals surface area contributed by atoms with Crippen molar-refractivity contribution in [3.8, 4) is 22.6 Å². The lowest BCUT2D eigenvalue weighted by Crippen LogP contribution is -2.48. The van der Waals surface area contributed by atoms with E-state index >= 15 is 4.39 Å². The molecule has 0 spiro atoms. The number of hydrogen-bond acceptors (Lipinski definition) is 2. The fourth-order valence-electron chi connectivity index (χ4n) is 4.26. The van der Waals surface area contributed by atoms with Crippen LogP contribution in [0.1, 0.15) is 11.1 Å². The SMILES string of the molecule is Fc1ccc(F)c(OB(Oc2c(F)c(F)c(F)c(F)c2F)c2c(F)c(F)c(F)c3c2Cc2cccc(F)c2-3)c1F. The summed E-state index contributed by atoms with van der Waals surface area (Å²) in [5.41, 5.74) is -3.76. The Labute approximate surface area is 215 Å². The molecule has 0 bridgehead atoms. The van der Waals surface area contributed by atoms with Gasteiger partial charge in [0.15, 0.2) is 40.6 Å². The molecule has 0 aliphatic heterocycles. The van der Waals surface area contributed by atoms with Crippen LogP contribution in [-0.4, -0.2) is 7.12 Å². The summed E-state index contributed by atoms with van der Waals surface area (Å²) in [7, 11) is -3.07. The molecule has 0 saturated carbocycles. The number of halogens is 12. The predicted octanol–water partition coefficient (Wildman–Crippen LogP) is 6.78. The summed E-state index contributed by atoms with van der Waals surface area (Å²) in [5, 5.41) is 0. The fraction of sp³-hybridized carbons (Fsp3) is 0.0400. The van der Waals surface area contributed by atoms with Gasteiger partial charge in [0, 0.05) is 11.1 Å². The van der Waals surface area contributed by atoms with Crippen molar-refractivity contribution in [2.24, 2.45) is 0 Å². The Balaban J connectivity index is 1.80. The van der Waals surface area contributed by atoms with Gasteiger partial charge in [-0.15, -0.1) is 0 Å². The van der Waals surface area contributed by atoms with E-state index in [2.05, 4.69) is 4.65 Å². The van der Waals surface area contributed by atoms with Crippen molar-refractivity contribution < 1.29 is 62.0 Å². The summed E-state index contributed by atoms with van der Waals surface area (Å²) in [6.07, 6.45) is -0.652. The minimum atomic E-state index is -3.07. The smallest absolute Gasteiger partial charge is 0.518 e. The van der Waals surface area contributed by atoms with Crippen molar-refractivity contribution in [2.75, 3.05) is 0 Å². The van der Waals surface area contributed by atoms with Gasteiger partial charge in [-0.1, -0.05) is 12.1 Å². The molecule has 0 amide bonds. The molecule has 4 aromatic rings. The average Bonchev–Trinajstić information content (AvgIpc) is 3.32. The van der Waals surface area contributed by atoms with E-state index < -0.39 is 117 Å². The van der Waals surface area contributed by atoms with Crippen LogP contribution < -0.4 is 14.8 Å². The summed E-state index contributed by atoms with van der Waals surface area (Å²) >= 11 is 0. The third-order valence-corrected chi connectivity index (χ3v) is 6.04. The van der Waals surface area contributed by atoms with Crippen LogP contribution >= 0.6 is 0 Å². The zero-order valence-electron chi connectivity index (χ0n) is 19.0. The summed E-state index contributed by atoms with van der Waals surface area (Å²) in [6.45, 7) is 0. The Kier molecular flexibility index (Phi) is 6.63. The highest BCUT2D eigenvalue weighted by molar-refractivity contribution is 6.63. The van der Waals surface area contributed by atoms with E-state index in [0.717, 1.165) is 12.1 Å². The first kappa shape index (κ1) is 27.3. The number of benzene rings is 4. The molecule has 0 unspecified atom stereocenters. The molecule has 0 atom stereocenters. The van der Waals surface area contributed by atoms with Crippen LogP contribution in [0.25, 0.3) is 11.1 Å². The largest absolute Gasteiger partial charge is 0.636 e. The van der Waals surface area contributed by atoms with Crippen molar-refractivity contribution in [1.82, 2.24) is 0 Å². The standard InChI is InChI=1S/C25H7BF12O2/c27-9-3-1-2-7-6-8-13(12(7)9)16(31)18(33)17(32)14(8)26(39-24-11(29)5-4-10(28)15(24)30)40-25-22(37)20(35)19(34)21(36)23(25)38/h1-5H,6H2. The second-order valence-electron chi connectivity index (χ2n) is 8.30. The van der Waals surface area contributed by atoms with Crippen molar-refractivity contribution in [2.45, 2.75) is 6.42 Å². The second-order valence-corrected chi connectivity index (χ2v) is 8.30. The van der Waals surface area contributed by atoms with Gasteiger partial charge in [0.25, 0.3) is 0 Å². The maximum atomic E-state index is 15.3. The van der Waals surface area contributed by atoms with E-state index in [1.54, 1.807) is 0 Å². The number of rotatable bonds is 5. The Morgan fingerprint density at radius 2 is 1.02 bits per heavy atom. The normalized spacial score (nSPS) is 11.9. The zero-order chi connectivity index (χ0) is 29.2. The van der Waals surface area contributed by atoms with Gasteiger partial charge in [-0.3, -0.25) is 0 Å². The second kappa shape index (κ2) is 9.71. The van der Waals surface area contributed by atoms with Gasteiger partial charge in [0.05, 0.1) is 5.46 Å². The van der Waals surface area contributed by atoms with Gasteiger partial charge in [0.1, 0.15) is 5.82 Å². The van der Waals surface area contributed by atoms with E-state index in [1.165, 1.54) is 6.07 Å². The lowest BCUT2D eigenvalue weighted by molar-refractivity contribution is 0.327. The lowest BCUT2D eigenvalue weighted by atomic mass is 9.73. The topological polar surface area (TPSA) is 18.5 Å². The molecule has 0 heterocycles. The molecule has 4 aromatic carbocycles. The number of fused-ring (bicyclic) bond motifs is 3. The van der Waals surface area contributed by atoms with E-state index in [0.29, 0.717) is 0 Å². The van der Waals surface area contributed by atoms with E-state index in [1.807, 2.05) is 0 Å². The van der Waals surface area contributed by atoms with Gasteiger partial charge in [-0.25, -0.2) is 39.5 Å². The molecule has 2 nitrogen and oxygen atoms in total. The highest BCUT2D eigenvalue weighted by Gasteiger charge is 2.44. The summed E-state index contributed by atoms with van der Waals surface area (Å²) in [5.74, 6) is -30.4. The minimum Gasteiger partial charge on any atom is -0.518 e. The first-order chi connectivity index (χ1) is 18.8. The van der Waals surface area contributed by atoms with Gasteiger partial charge >= 0.3 is 7.12 Å². The van der Waals surface area contributed by atoms with Gasteiger partial charge < -0.3 is 9.31 Å². The van der Waals surface area contributed by atoms with Crippen LogP contribution in [0, 0.1) is 69.8 Å². The molecule has 0 radical (unpaired) electrons. The van der Waals surface area contributed by atoms with Gasteiger partial charge in [0.2, 0.25) is 34.9 Å². The molecule has 0 aromatic heterocycles. The monoisotopic (exact) mass is 578 g/mol. The van der Waals surface area contributed by atoms with Crippen LogP contribution in [0.2, 0.25) is 0 Å². The Morgan fingerprint density at radius 1 is 0.475 bits per heavy atom. The van der Waals surface area contributed by atoms with Crippen molar-refractivity contribution >= 4 is 12.6 Å². The summed E-state index contributed by atoms with van der Waals surface area (Å²) in [6, 6.07) is 3.71. The summed E-state index contributed by atoms with van der Waals surface area (Å²) < 4.78 is 182. The van der Waals surface area contributed by atoms with Crippen LogP contribution in [0.5, 0.6) is 11.5 Å². The van der Waals surface area contributed by atoms with E-state index in [4.69, 9.17) is 4.65 Å². The minimum absolute atomic E-state index is 0.0850. The highest BCUT2D eigenvalue weighted by Crippen LogP contribution is 2.41. The third-order valence-electron chi connectivity index (χ3n) is 6.04. The lowest BCUT2D eigenvalue weighted by Gasteiger charge is -2.22. The molecule has 1 aliphatic carbocycles. The quantitative estimate of drug-likeness (QED) is 0.0992. The molecular weight excluding hydrogens is 571 g/mol. The van der Waals surface area contributed by atoms with Gasteiger partial charge in [-0.2, -0.15) is 13.2 Å². The Hall–Kier alpha value is -4.30. The first-order valence-corrected chi connectivity index (χ1v) is 10.8. The van der Waals surface area contributed by atoms with E-state index in [-0.39, 0.29) is 17.7 Å². The predicted molar refractivity (Wildman–Crippen MR) is 114 cm³/mol. The molecule has 40 heavy (non-hydrogen) atoms. The highest BCUT2D eigenvalue weighted by atomic mass is 19.2. The maximum Gasteiger partial charge on any atom is 0.636 e. The summed E-state index contributed by atoms with van der Waals surface area (Å²) in [4.78, 5) is 0. The molecule has 0 fully saturated rings. The molecule has 5 rings (SSSR count). The Morgan fingerprint density at radius 3 is 1.68 bits per heavy atom. The third kappa shape index (κ3) is 4.02. The zero-order valence-corrected chi connectivity index (χ0v) is 19.0.